The van der Waals surface area contributed by atoms with Crippen LogP contribution < -0.4 is 0 Å². The predicted octanol–water partition coefficient (Wildman–Crippen LogP) is 12.6. The Bertz CT molecular complexity index is 1670. The zero-order valence-electron chi connectivity index (χ0n) is 27.6. The van der Waals surface area contributed by atoms with E-state index in [1.165, 1.54) is 70.2 Å². The molecule has 0 spiro atoms. The van der Waals surface area contributed by atoms with Gasteiger partial charge in [-0.15, -0.1) is 0 Å². The first-order valence-electron chi connectivity index (χ1n) is 17.3. The van der Waals surface area contributed by atoms with Gasteiger partial charge in [-0.2, -0.15) is 0 Å². The molecular formula is C43H48Hf. The fraction of sp³-hybridized carbons (Fsp3) is 0.349. The first-order chi connectivity index (χ1) is 21.4. The third kappa shape index (κ3) is 4.32. The average Bonchev–Trinajstić information content (AvgIpc) is 3.65. The fourth-order valence-corrected chi connectivity index (χ4v) is 26.9. The summed E-state index contributed by atoms with van der Waals surface area (Å²) in [6.45, 7) is 9.43. The van der Waals surface area contributed by atoms with Crippen molar-refractivity contribution in [3.63, 3.8) is 0 Å². The van der Waals surface area contributed by atoms with Crippen molar-refractivity contribution < 1.29 is 20.0 Å². The van der Waals surface area contributed by atoms with E-state index in [4.69, 9.17) is 0 Å². The summed E-state index contributed by atoms with van der Waals surface area (Å²) in [6.07, 6.45) is 12.5. The number of hydrogen-bond acceptors (Lipinski definition) is 0. The summed E-state index contributed by atoms with van der Waals surface area (Å²) in [5, 5.41) is 0. The summed E-state index contributed by atoms with van der Waals surface area (Å²) in [5.74, 6) is 0. The first-order valence-corrected chi connectivity index (χ1v) is 28.6. The van der Waals surface area contributed by atoms with Crippen LogP contribution in [0, 0.1) is 5.41 Å². The van der Waals surface area contributed by atoms with E-state index in [1.807, 2.05) is 0 Å². The number of allylic oxidation sites excluding steroid dienone is 2. The molecule has 0 saturated carbocycles. The number of benzene rings is 4. The predicted molar refractivity (Wildman–Crippen MR) is 188 cm³/mol. The second-order valence-corrected chi connectivity index (χ2v) is 31.3. The Hall–Kier alpha value is -2.77. The van der Waals surface area contributed by atoms with Crippen molar-refractivity contribution in [1.29, 1.82) is 0 Å². The van der Waals surface area contributed by atoms with Gasteiger partial charge < -0.3 is 0 Å². The minimum absolute atomic E-state index is 0.134. The minimum atomic E-state index is -3.11. The fourth-order valence-electron chi connectivity index (χ4n) is 9.78. The number of fused-ring (bicyclic) bond motifs is 6. The summed E-state index contributed by atoms with van der Waals surface area (Å²) < 4.78 is 6.86. The Morgan fingerprint density at radius 3 is 1.34 bits per heavy atom. The van der Waals surface area contributed by atoms with E-state index >= 15 is 0 Å². The summed E-state index contributed by atoms with van der Waals surface area (Å²) in [4.78, 5) is 0. The number of aryl methyl sites for hydroxylation is 2. The van der Waals surface area contributed by atoms with Gasteiger partial charge in [0.25, 0.3) is 0 Å². The molecule has 1 saturated heterocycles. The van der Waals surface area contributed by atoms with E-state index < -0.39 is 20.0 Å². The van der Waals surface area contributed by atoms with E-state index in [1.54, 1.807) is 22.3 Å². The van der Waals surface area contributed by atoms with Crippen LogP contribution >= 0.6 is 0 Å². The van der Waals surface area contributed by atoms with Gasteiger partial charge >= 0.3 is 272 Å². The average molecular weight is 743 g/mol. The molecule has 1 heteroatoms. The van der Waals surface area contributed by atoms with E-state index in [0.29, 0.717) is 7.35 Å². The molecule has 1 fully saturated rings. The molecule has 2 atom stereocenters. The van der Waals surface area contributed by atoms with Crippen molar-refractivity contribution >= 4 is 12.2 Å². The van der Waals surface area contributed by atoms with Gasteiger partial charge in [0.1, 0.15) is 0 Å². The normalized spacial score (nSPS) is 20.3. The Balaban J connectivity index is 1.49. The Labute approximate surface area is 270 Å². The van der Waals surface area contributed by atoms with Gasteiger partial charge in [-0.1, -0.05) is 0 Å². The summed E-state index contributed by atoms with van der Waals surface area (Å²) in [7, 11) is 0. The van der Waals surface area contributed by atoms with Crippen LogP contribution in [0.2, 0.25) is 9.36 Å². The van der Waals surface area contributed by atoms with Crippen LogP contribution in [0.1, 0.15) is 94.1 Å². The van der Waals surface area contributed by atoms with Gasteiger partial charge in [0, 0.05) is 0 Å². The van der Waals surface area contributed by atoms with E-state index in [-0.39, 0.29) is 5.41 Å². The van der Waals surface area contributed by atoms with Crippen molar-refractivity contribution in [2.24, 2.45) is 5.41 Å². The molecule has 0 aromatic heterocycles. The van der Waals surface area contributed by atoms with Gasteiger partial charge in [0.2, 0.25) is 0 Å². The Kier molecular flexibility index (Phi) is 7.85. The van der Waals surface area contributed by atoms with Gasteiger partial charge in [-0.3, -0.25) is 0 Å². The third-order valence-electron chi connectivity index (χ3n) is 11.4. The molecule has 2 aliphatic carbocycles. The molecule has 1 heterocycles. The molecule has 7 rings (SSSR count). The van der Waals surface area contributed by atoms with Crippen LogP contribution in [-0.4, -0.2) is 0 Å². The molecule has 3 aliphatic rings. The van der Waals surface area contributed by atoms with Crippen molar-refractivity contribution in [2.75, 3.05) is 0 Å². The van der Waals surface area contributed by atoms with E-state index in [9.17, 15) is 0 Å². The molecule has 0 nitrogen and oxygen atoms in total. The van der Waals surface area contributed by atoms with Crippen LogP contribution in [0.15, 0.2) is 96.1 Å². The molecule has 4 aromatic carbocycles. The van der Waals surface area contributed by atoms with E-state index in [2.05, 4.69) is 134 Å². The van der Waals surface area contributed by atoms with Crippen LogP contribution in [0.4, 0.5) is 0 Å². The quantitative estimate of drug-likeness (QED) is 0.158. The van der Waals surface area contributed by atoms with Crippen LogP contribution in [0.25, 0.3) is 34.4 Å². The second kappa shape index (κ2) is 11.5. The topological polar surface area (TPSA) is 0 Å². The zero-order valence-corrected chi connectivity index (χ0v) is 31.2. The van der Waals surface area contributed by atoms with Crippen molar-refractivity contribution in [2.45, 2.75) is 82.9 Å². The van der Waals surface area contributed by atoms with Crippen LogP contribution in [-0.2, 0) is 32.8 Å². The third-order valence-corrected chi connectivity index (χ3v) is 26.6. The molecule has 0 radical (unpaired) electrons. The van der Waals surface area contributed by atoms with Gasteiger partial charge in [0.15, 0.2) is 0 Å². The molecule has 44 heavy (non-hydrogen) atoms. The van der Waals surface area contributed by atoms with Crippen molar-refractivity contribution in [3.05, 3.63) is 129 Å². The molecule has 1 aliphatic heterocycles. The maximum absolute atomic E-state index is 3.11. The van der Waals surface area contributed by atoms with Gasteiger partial charge in [-0.25, -0.2) is 0 Å². The molecule has 0 bridgehead atoms. The van der Waals surface area contributed by atoms with E-state index in [0.717, 1.165) is 12.8 Å². The molecule has 2 unspecified atom stereocenters. The summed E-state index contributed by atoms with van der Waals surface area (Å²) >= 11 is -3.11. The van der Waals surface area contributed by atoms with Crippen LogP contribution in [0.5, 0.6) is 0 Å². The monoisotopic (exact) mass is 744 g/mol. The molecule has 0 amide bonds. The molecule has 0 N–H and O–H groups in total. The number of rotatable bonds is 8. The second-order valence-electron chi connectivity index (χ2n) is 14.1. The van der Waals surface area contributed by atoms with Gasteiger partial charge in [0.05, 0.1) is 0 Å². The Morgan fingerprint density at radius 2 is 0.932 bits per heavy atom. The summed E-state index contributed by atoms with van der Waals surface area (Å²) in [5.41, 5.74) is 18.7. The SMILES string of the molecule is CCCC1(CCC)C2=Cc3c(-c4ccccc4CC)cccc3[CH]2[Hf]([CH3])([CH3])[CH]2C1=Cc1c(-c3ccccc3CC)cccc12. The summed E-state index contributed by atoms with van der Waals surface area (Å²) in [6, 6.07) is 32.8. The molecule has 224 valence electrons. The first kappa shape index (κ1) is 29.9. The standard InChI is InChI=1S/C41H42.2CH3.Hf/c1-5-23-41(24-6-2,33-25-31-17-13-21-37(39(31)27-33)35-19-11-9-15-29(35)7-3)34-26-32-18-14-22-38(40(32)28-34)36-20-12-10-16-30(36)8-4;;;/h9-22,25-28H,5-8,23-24H2,1-4H3;2*1H3;. The van der Waals surface area contributed by atoms with Gasteiger partial charge in [-0.05, 0) is 0 Å². The number of hydrogen-bond donors (Lipinski definition) is 0. The molecule has 4 aromatic rings. The zero-order chi connectivity index (χ0) is 30.6. The Morgan fingerprint density at radius 1 is 0.523 bits per heavy atom. The van der Waals surface area contributed by atoms with Crippen molar-refractivity contribution in [1.82, 2.24) is 0 Å². The molecular weight excluding hydrogens is 695 g/mol. The van der Waals surface area contributed by atoms with Crippen LogP contribution in [0.3, 0.4) is 0 Å². The maximum atomic E-state index is 2.80. The van der Waals surface area contributed by atoms with Crippen molar-refractivity contribution in [3.8, 4) is 22.3 Å².